The van der Waals surface area contributed by atoms with E-state index in [9.17, 15) is 0 Å². The fourth-order valence-electron chi connectivity index (χ4n) is 2.54. The quantitative estimate of drug-likeness (QED) is 0.713. The number of alkyl halides is 1. The van der Waals surface area contributed by atoms with Gasteiger partial charge in [0.1, 0.15) is 0 Å². The van der Waals surface area contributed by atoms with E-state index in [0.29, 0.717) is 5.88 Å². The van der Waals surface area contributed by atoms with Crippen LogP contribution in [-0.4, -0.2) is 12.6 Å². The van der Waals surface area contributed by atoms with Crippen LogP contribution in [0.5, 0.6) is 0 Å². The number of halogens is 1. The molecule has 0 radical (unpaired) electrons. The summed E-state index contributed by atoms with van der Waals surface area (Å²) in [6.45, 7) is 3.49. The van der Waals surface area contributed by atoms with Gasteiger partial charge in [0.15, 0.2) is 0 Å². The lowest BCUT2D eigenvalue weighted by molar-refractivity contribution is 0.450. The van der Waals surface area contributed by atoms with Crippen molar-refractivity contribution < 1.29 is 0 Å². The third-order valence-electron chi connectivity index (χ3n) is 3.52. The molecule has 0 bridgehead atoms. The maximum Gasteiger partial charge on any atom is 0.0474 e. The average molecular weight is 238 g/mol. The number of benzene rings is 1. The smallest absolute Gasteiger partial charge is 0.0474 e. The van der Waals surface area contributed by atoms with Crippen molar-refractivity contribution in [2.75, 3.05) is 11.4 Å². The molecule has 1 heterocycles. The van der Waals surface area contributed by atoms with Crippen LogP contribution in [0.4, 0.5) is 5.69 Å². The molecule has 1 aromatic rings. The normalized spacial score (nSPS) is 21.1. The summed E-state index contributed by atoms with van der Waals surface area (Å²) in [7, 11) is 0. The molecule has 1 aliphatic rings. The summed E-state index contributed by atoms with van der Waals surface area (Å²) in [5, 5.41) is 0. The minimum atomic E-state index is 0.609. The highest BCUT2D eigenvalue weighted by Crippen LogP contribution is 2.26. The molecule has 0 saturated carbocycles. The maximum absolute atomic E-state index is 5.81. The fourth-order valence-corrected chi connectivity index (χ4v) is 2.72. The molecule has 1 unspecified atom stereocenters. The SMILES string of the molecule is CCC1CCCCN1c1ccc(CCl)cc1. The highest BCUT2D eigenvalue weighted by atomic mass is 35.5. The van der Waals surface area contributed by atoms with Gasteiger partial charge in [-0.3, -0.25) is 0 Å². The molecular formula is C14H20ClN. The van der Waals surface area contributed by atoms with Gasteiger partial charge in [-0.15, -0.1) is 11.6 Å². The van der Waals surface area contributed by atoms with Crippen LogP contribution in [0.25, 0.3) is 0 Å². The van der Waals surface area contributed by atoms with E-state index in [4.69, 9.17) is 11.6 Å². The molecule has 1 aromatic carbocycles. The van der Waals surface area contributed by atoms with Crippen molar-refractivity contribution in [1.29, 1.82) is 0 Å². The van der Waals surface area contributed by atoms with E-state index in [1.165, 1.54) is 43.5 Å². The Labute approximate surface area is 103 Å². The zero-order chi connectivity index (χ0) is 11.4. The molecule has 1 saturated heterocycles. The summed E-state index contributed by atoms with van der Waals surface area (Å²) in [6.07, 6.45) is 5.30. The zero-order valence-electron chi connectivity index (χ0n) is 9.95. The molecule has 1 nitrogen and oxygen atoms in total. The number of hydrogen-bond acceptors (Lipinski definition) is 1. The Morgan fingerprint density at radius 1 is 1.25 bits per heavy atom. The molecule has 2 heteroatoms. The Kier molecular flexibility index (Phi) is 4.11. The maximum atomic E-state index is 5.81. The number of piperidine rings is 1. The van der Waals surface area contributed by atoms with Crippen LogP contribution in [0.1, 0.15) is 38.2 Å². The first kappa shape index (κ1) is 11.8. The standard InChI is InChI=1S/C14H20ClN/c1-2-13-5-3-4-10-16(13)14-8-6-12(11-15)7-9-14/h6-9,13H,2-5,10-11H2,1H3. The summed E-state index contributed by atoms with van der Waals surface area (Å²) in [4.78, 5) is 2.56. The molecular weight excluding hydrogens is 218 g/mol. The van der Waals surface area contributed by atoms with E-state index in [-0.39, 0.29) is 0 Å². The first-order valence-electron chi connectivity index (χ1n) is 6.26. The lowest BCUT2D eigenvalue weighted by Crippen LogP contribution is -2.39. The van der Waals surface area contributed by atoms with E-state index < -0.39 is 0 Å². The van der Waals surface area contributed by atoms with Gasteiger partial charge in [0.25, 0.3) is 0 Å². The number of anilines is 1. The Balaban J connectivity index is 2.14. The van der Waals surface area contributed by atoms with Crippen LogP contribution >= 0.6 is 11.6 Å². The summed E-state index contributed by atoms with van der Waals surface area (Å²) in [5.41, 5.74) is 2.57. The monoisotopic (exact) mass is 237 g/mol. The van der Waals surface area contributed by atoms with Gasteiger partial charge in [0.05, 0.1) is 0 Å². The second kappa shape index (κ2) is 5.58. The van der Waals surface area contributed by atoms with E-state index in [0.717, 1.165) is 6.04 Å². The lowest BCUT2D eigenvalue weighted by Gasteiger charge is -2.37. The molecule has 1 atom stereocenters. The second-order valence-electron chi connectivity index (χ2n) is 4.55. The molecule has 0 N–H and O–H groups in total. The summed E-state index contributed by atoms with van der Waals surface area (Å²) in [5.74, 6) is 0.609. The first-order chi connectivity index (χ1) is 7.85. The van der Waals surface area contributed by atoms with Crippen LogP contribution in [0.3, 0.4) is 0 Å². The second-order valence-corrected chi connectivity index (χ2v) is 4.82. The minimum Gasteiger partial charge on any atom is -0.369 e. The fraction of sp³-hybridized carbons (Fsp3) is 0.571. The number of hydrogen-bond donors (Lipinski definition) is 0. The Morgan fingerprint density at radius 3 is 2.62 bits per heavy atom. The summed E-state index contributed by atoms with van der Waals surface area (Å²) < 4.78 is 0. The molecule has 0 amide bonds. The third-order valence-corrected chi connectivity index (χ3v) is 3.83. The van der Waals surface area contributed by atoms with E-state index in [1.807, 2.05) is 0 Å². The van der Waals surface area contributed by atoms with Crippen LogP contribution < -0.4 is 4.90 Å². The Hall–Kier alpha value is -0.690. The molecule has 0 aliphatic carbocycles. The van der Waals surface area contributed by atoms with Gasteiger partial charge < -0.3 is 4.90 Å². The van der Waals surface area contributed by atoms with E-state index >= 15 is 0 Å². The van der Waals surface area contributed by atoms with Crippen molar-refractivity contribution in [3.63, 3.8) is 0 Å². The highest BCUT2D eigenvalue weighted by molar-refractivity contribution is 6.17. The number of nitrogens with zero attached hydrogens (tertiary/aromatic N) is 1. The van der Waals surface area contributed by atoms with Crippen LogP contribution in [-0.2, 0) is 5.88 Å². The summed E-state index contributed by atoms with van der Waals surface area (Å²) in [6, 6.07) is 9.45. The van der Waals surface area contributed by atoms with Gasteiger partial charge in [-0.2, -0.15) is 0 Å². The molecule has 1 fully saturated rings. The van der Waals surface area contributed by atoms with Crippen LogP contribution in [0.2, 0.25) is 0 Å². The van der Waals surface area contributed by atoms with Gasteiger partial charge in [-0.25, -0.2) is 0 Å². The Morgan fingerprint density at radius 2 is 2.00 bits per heavy atom. The van der Waals surface area contributed by atoms with Gasteiger partial charge >= 0.3 is 0 Å². The molecule has 2 rings (SSSR count). The molecule has 16 heavy (non-hydrogen) atoms. The Bertz CT molecular complexity index is 320. The molecule has 88 valence electrons. The van der Waals surface area contributed by atoms with Crippen molar-refractivity contribution in [2.24, 2.45) is 0 Å². The number of rotatable bonds is 3. The summed E-state index contributed by atoms with van der Waals surface area (Å²) >= 11 is 5.81. The van der Waals surface area contributed by atoms with Crippen molar-refractivity contribution >= 4 is 17.3 Å². The van der Waals surface area contributed by atoms with Gasteiger partial charge in [0.2, 0.25) is 0 Å². The average Bonchev–Trinajstić information content (AvgIpc) is 2.39. The largest absolute Gasteiger partial charge is 0.369 e. The minimum absolute atomic E-state index is 0.609. The van der Waals surface area contributed by atoms with Crippen molar-refractivity contribution in [3.05, 3.63) is 29.8 Å². The first-order valence-corrected chi connectivity index (χ1v) is 6.80. The van der Waals surface area contributed by atoms with Crippen LogP contribution in [0.15, 0.2) is 24.3 Å². The van der Waals surface area contributed by atoms with Crippen molar-refractivity contribution in [2.45, 2.75) is 44.5 Å². The van der Waals surface area contributed by atoms with E-state index in [1.54, 1.807) is 0 Å². The topological polar surface area (TPSA) is 3.24 Å². The van der Waals surface area contributed by atoms with Gasteiger partial charge in [-0.1, -0.05) is 19.1 Å². The van der Waals surface area contributed by atoms with Gasteiger partial charge in [-0.05, 0) is 43.4 Å². The van der Waals surface area contributed by atoms with Crippen LogP contribution in [0, 0.1) is 0 Å². The van der Waals surface area contributed by atoms with Crippen molar-refractivity contribution in [3.8, 4) is 0 Å². The zero-order valence-corrected chi connectivity index (χ0v) is 10.7. The predicted octanol–water partition coefficient (Wildman–Crippen LogP) is 4.19. The molecule has 0 aromatic heterocycles. The van der Waals surface area contributed by atoms with Crippen molar-refractivity contribution in [1.82, 2.24) is 0 Å². The van der Waals surface area contributed by atoms with E-state index in [2.05, 4.69) is 36.1 Å². The van der Waals surface area contributed by atoms with Gasteiger partial charge in [0, 0.05) is 24.2 Å². The lowest BCUT2D eigenvalue weighted by atomic mass is 9.99. The molecule has 1 aliphatic heterocycles. The molecule has 0 spiro atoms. The highest BCUT2D eigenvalue weighted by Gasteiger charge is 2.20. The predicted molar refractivity (Wildman–Crippen MR) is 71.3 cm³/mol. The third kappa shape index (κ3) is 2.52.